The number of halogens is 2. The molecule has 2 atom stereocenters. The molecular weight excluding hydrogens is 300 g/mol. The van der Waals surface area contributed by atoms with Crippen molar-refractivity contribution in [1.29, 1.82) is 0 Å². The Bertz CT molecular complexity index is 641. The molecule has 2 N–H and O–H groups in total. The van der Waals surface area contributed by atoms with E-state index >= 15 is 0 Å². The predicted molar refractivity (Wildman–Crippen MR) is 83.8 cm³/mol. The van der Waals surface area contributed by atoms with Gasteiger partial charge in [-0.15, -0.1) is 0 Å². The summed E-state index contributed by atoms with van der Waals surface area (Å²) in [4.78, 5) is 12.0. The minimum absolute atomic E-state index is 0.218. The topological polar surface area (TPSA) is 49.3 Å². The van der Waals surface area contributed by atoms with Crippen molar-refractivity contribution in [3.8, 4) is 0 Å². The van der Waals surface area contributed by atoms with Crippen molar-refractivity contribution in [2.75, 3.05) is 6.54 Å². The Kier molecular flexibility index (Phi) is 5.82. The zero-order valence-corrected chi connectivity index (χ0v) is 12.8. The largest absolute Gasteiger partial charge is 0.388 e. The molecule has 2 aromatic rings. The Labute approximate surface area is 134 Å². The van der Waals surface area contributed by atoms with Crippen LogP contribution in [0.4, 0.5) is 8.78 Å². The van der Waals surface area contributed by atoms with E-state index in [0.717, 1.165) is 17.7 Å². The lowest BCUT2D eigenvalue weighted by Gasteiger charge is -2.15. The molecule has 0 saturated carbocycles. The molecular formula is C18H19F2NO2. The quantitative estimate of drug-likeness (QED) is 0.858. The first-order valence-electron chi connectivity index (χ1n) is 7.45. The Hall–Kier alpha value is -2.27. The van der Waals surface area contributed by atoms with Crippen LogP contribution in [0, 0.1) is 11.6 Å². The second-order valence-corrected chi connectivity index (χ2v) is 5.36. The molecule has 0 aliphatic carbocycles. The summed E-state index contributed by atoms with van der Waals surface area (Å²) in [6.07, 6.45) is -0.376. The molecule has 0 spiro atoms. The fourth-order valence-electron chi connectivity index (χ4n) is 2.38. The number of carbonyl (C=O) groups excluding carboxylic acids is 1. The highest BCUT2D eigenvalue weighted by atomic mass is 19.1. The zero-order chi connectivity index (χ0) is 16.8. The van der Waals surface area contributed by atoms with Crippen LogP contribution >= 0.6 is 0 Å². The van der Waals surface area contributed by atoms with Crippen LogP contribution in [0.2, 0.25) is 0 Å². The lowest BCUT2D eigenvalue weighted by atomic mass is 9.99. The van der Waals surface area contributed by atoms with Crippen LogP contribution in [-0.4, -0.2) is 17.6 Å². The summed E-state index contributed by atoms with van der Waals surface area (Å²) in [6.45, 7) is 1.67. The van der Waals surface area contributed by atoms with Crippen LogP contribution < -0.4 is 5.32 Å². The summed E-state index contributed by atoms with van der Waals surface area (Å²) in [6, 6.07) is 12.6. The standard InChI is InChI=1S/C18H19F2NO2/c1-12(17-14(19)8-5-9-15(17)20)18(23)21-11-10-16(22)13-6-3-2-4-7-13/h2-9,12,16,22H,10-11H2,1H3,(H,21,23). The van der Waals surface area contributed by atoms with Gasteiger partial charge in [0.15, 0.2) is 0 Å². The summed E-state index contributed by atoms with van der Waals surface area (Å²) in [5.41, 5.74) is 0.517. The van der Waals surface area contributed by atoms with Gasteiger partial charge in [0, 0.05) is 12.1 Å². The van der Waals surface area contributed by atoms with Crippen LogP contribution in [0.3, 0.4) is 0 Å². The third kappa shape index (κ3) is 4.36. The highest BCUT2D eigenvalue weighted by Crippen LogP contribution is 2.22. The van der Waals surface area contributed by atoms with E-state index in [0.29, 0.717) is 6.42 Å². The highest BCUT2D eigenvalue weighted by molar-refractivity contribution is 5.83. The maximum atomic E-state index is 13.7. The van der Waals surface area contributed by atoms with Crippen molar-refractivity contribution in [1.82, 2.24) is 5.32 Å². The Morgan fingerprint density at radius 3 is 2.30 bits per heavy atom. The van der Waals surface area contributed by atoms with Gasteiger partial charge in [-0.3, -0.25) is 4.79 Å². The number of benzene rings is 2. The molecule has 0 aromatic heterocycles. The maximum Gasteiger partial charge on any atom is 0.227 e. The molecule has 23 heavy (non-hydrogen) atoms. The fraction of sp³-hybridized carbons (Fsp3) is 0.278. The molecule has 0 fully saturated rings. The van der Waals surface area contributed by atoms with Crippen LogP contribution in [0.1, 0.15) is 36.5 Å². The van der Waals surface area contributed by atoms with E-state index < -0.39 is 29.6 Å². The molecule has 0 radical (unpaired) electrons. The van der Waals surface area contributed by atoms with E-state index in [4.69, 9.17) is 0 Å². The second kappa shape index (κ2) is 7.83. The van der Waals surface area contributed by atoms with E-state index in [1.165, 1.54) is 13.0 Å². The molecule has 2 unspecified atom stereocenters. The Morgan fingerprint density at radius 1 is 1.09 bits per heavy atom. The Morgan fingerprint density at radius 2 is 1.70 bits per heavy atom. The summed E-state index contributed by atoms with van der Waals surface area (Å²) in [5, 5.41) is 12.6. The maximum absolute atomic E-state index is 13.7. The van der Waals surface area contributed by atoms with Gasteiger partial charge < -0.3 is 10.4 Å². The molecule has 122 valence electrons. The van der Waals surface area contributed by atoms with Crippen LogP contribution in [-0.2, 0) is 4.79 Å². The molecule has 0 bridgehead atoms. The van der Waals surface area contributed by atoms with Gasteiger partial charge >= 0.3 is 0 Å². The van der Waals surface area contributed by atoms with Gasteiger partial charge in [-0.05, 0) is 31.0 Å². The average Bonchev–Trinajstić information content (AvgIpc) is 2.55. The first-order chi connectivity index (χ1) is 11.0. The van der Waals surface area contributed by atoms with E-state index in [1.54, 1.807) is 12.1 Å². The number of aliphatic hydroxyl groups is 1. The highest BCUT2D eigenvalue weighted by Gasteiger charge is 2.22. The van der Waals surface area contributed by atoms with Gasteiger partial charge in [-0.1, -0.05) is 36.4 Å². The van der Waals surface area contributed by atoms with Crippen molar-refractivity contribution >= 4 is 5.91 Å². The summed E-state index contributed by atoms with van der Waals surface area (Å²) < 4.78 is 27.3. The summed E-state index contributed by atoms with van der Waals surface area (Å²) in [5.74, 6) is -2.90. The van der Waals surface area contributed by atoms with Crippen LogP contribution in [0.25, 0.3) is 0 Å². The zero-order valence-electron chi connectivity index (χ0n) is 12.8. The number of aliphatic hydroxyl groups excluding tert-OH is 1. The van der Waals surface area contributed by atoms with Gasteiger partial charge in [0.1, 0.15) is 11.6 Å². The minimum atomic E-state index is -0.940. The molecule has 2 rings (SSSR count). The Balaban J connectivity index is 1.90. The van der Waals surface area contributed by atoms with Gasteiger partial charge in [0.05, 0.1) is 12.0 Å². The van der Waals surface area contributed by atoms with Crippen LogP contribution in [0.5, 0.6) is 0 Å². The second-order valence-electron chi connectivity index (χ2n) is 5.36. The monoisotopic (exact) mass is 319 g/mol. The number of nitrogens with one attached hydrogen (secondary N) is 1. The minimum Gasteiger partial charge on any atom is -0.388 e. The number of hydrogen-bond donors (Lipinski definition) is 2. The normalized spacial score (nSPS) is 13.4. The van der Waals surface area contributed by atoms with Crippen molar-refractivity contribution < 1.29 is 18.7 Å². The van der Waals surface area contributed by atoms with Gasteiger partial charge in [0.25, 0.3) is 0 Å². The molecule has 0 aliphatic rings. The van der Waals surface area contributed by atoms with E-state index in [1.807, 2.05) is 18.2 Å². The van der Waals surface area contributed by atoms with E-state index in [-0.39, 0.29) is 12.1 Å². The van der Waals surface area contributed by atoms with Gasteiger partial charge in [-0.2, -0.15) is 0 Å². The van der Waals surface area contributed by atoms with Crippen molar-refractivity contribution in [3.63, 3.8) is 0 Å². The molecule has 2 aromatic carbocycles. The lowest BCUT2D eigenvalue weighted by Crippen LogP contribution is -2.30. The molecule has 1 amide bonds. The molecule has 0 aliphatic heterocycles. The number of amides is 1. The first-order valence-corrected chi connectivity index (χ1v) is 7.45. The SMILES string of the molecule is CC(C(=O)NCCC(O)c1ccccc1)c1c(F)cccc1F. The number of rotatable bonds is 6. The average molecular weight is 319 g/mol. The summed E-state index contributed by atoms with van der Waals surface area (Å²) >= 11 is 0. The first kappa shape index (κ1) is 17.1. The third-order valence-corrected chi connectivity index (χ3v) is 3.73. The van der Waals surface area contributed by atoms with E-state index in [9.17, 15) is 18.7 Å². The van der Waals surface area contributed by atoms with Crippen molar-refractivity contribution in [3.05, 3.63) is 71.3 Å². The van der Waals surface area contributed by atoms with E-state index in [2.05, 4.69) is 5.32 Å². The third-order valence-electron chi connectivity index (χ3n) is 3.73. The molecule has 3 nitrogen and oxygen atoms in total. The number of hydrogen-bond acceptors (Lipinski definition) is 2. The van der Waals surface area contributed by atoms with Gasteiger partial charge in [-0.25, -0.2) is 8.78 Å². The molecule has 0 saturated heterocycles. The fourth-order valence-corrected chi connectivity index (χ4v) is 2.38. The van der Waals surface area contributed by atoms with Crippen LogP contribution in [0.15, 0.2) is 48.5 Å². The van der Waals surface area contributed by atoms with Gasteiger partial charge in [0.2, 0.25) is 5.91 Å². The smallest absolute Gasteiger partial charge is 0.227 e. The lowest BCUT2D eigenvalue weighted by molar-refractivity contribution is -0.122. The summed E-state index contributed by atoms with van der Waals surface area (Å²) in [7, 11) is 0. The molecule has 5 heteroatoms. The van der Waals surface area contributed by atoms with Crippen molar-refractivity contribution in [2.45, 2.75) is 25.4 Å². The molecule has 0 heterocycles. The predicted octanol–water partition coefficient (Wildman–Crippen LogP) is 3.31. The van der Waals surface area contributed by atoms with Crippen molar-refractivity contribution in [2.24, 2.45) is 0 Å². The number of carbonyl (C=O) groups is 1.